The summed E-state index contributed by atoms with van der Waals surface area (Å²) in [5.41, 5.74) is 1.00. The zero-order chi connectivity index (χ0) is 24.1. The molecule has 0 unspecified atom stereocenters. The highest BCUT2D eigenvalue weighted by Crippen LogP contribution is 2.28. The monoisotopic (exact) mass is 492 g/mol. The van der Waals surface area contributed by atoms with Crippen LogP contribution >= 0.6 is 23.2 Å². The fourth-order valence-corrected chi connectivity index (χ4v) is 3.61. The van der Waals surface area contributed by atoms with Crippen molar-refractivity contribution >= 4 is 34.8 Å². The molecule has 3 rings (SSSR count). The first kappa shape index (κ1) is 24.5. The van der Waals surface area contributed by atoms with E-state index in [0.717, 1.165) is 0 Å². The predicted octanol–water partition coefficient (Wildman–Crippen LogP) is 5.32. The Labute approximate surface area is 200 Å². The highest BCUT2D eigenvalue weighted by atomic mass is 35.5. The van der Waals surface area contributed by atoms with Crippen LogP contribution < -0.4 is 4.74 Å². The van der Waals surface area contributed by atoms with E-state index >= 15 is 0 Å². The van der Waals surface area contributed by atoms with Crippen LogP contribution in [-0.4, -0.2) is 39.0 Å². The number of aryl methyl sites for hydroxylation is 1. The lowest BCUT2D eigenvalue weighted by Gasteiger charge is -2.23. The van der Waals surface area contributed by atoms with Gasteiger partial charge in [-0.15, -0.1) is 0 Å². The van der Waals surface area contributed by atoms with E-state index in [-0.39, 0.29) is 36.6 Å². The smallest absolute Gasteiger partial charge is 0.272 e. The molecule has 1 aromatic heterocycles. The summed E-state index contributed by atoms with van der Waals surface area (Å²) in [5.74, 6) is 0.804. The number of ether oxygens (including phenoxy) is 1. The highest BCUT2D eigenvalue weighted by Gasteiger charge is 2.21. The van der Waals surface area contributed by atoms with Gasteiger partial charge in [-0.3, -0.25) is 14.9 Å². The molecular formula is C22H22Cl2N4O5. The van der Waals surface area contributed by atoms with E-state index in [0.29, 0.717) is 39.3 Å². The van der Waals surface area contributed by atoms with E-state index in [9.17, 15) is 14.9 Å². The lowest BCUT2D eigenvalue weighted by molar-refractivity contribution is -0.385. The molecule has 1 amide bonds. The molecule has 2 aromatic carbocycles. The zero-order valence-corrected chi connectivity index (χ0v) is 19.8. The Morgan fingerprint density at radius 1 is 1.24 bits per heavy atom. The van der Waals surface area contributed by atoms with Crippen molar-refractivity contribution in [3.05, 3.63) is 68.0 Å². The quantitative estimate of drug-likeness (QED) is 0.293. The number of hydrogen-bond donors (Lipinski definition) is 0. The molecule has 33 heavy (non-hydrogen) atoms. The van der Waals surface area contributed by atoms with Gasteiger partial charge in [-0.1, -0.05) is 42.2 Å². The molecule has 9 nitrogen and oxygen atoms in total. The van der Waals surface area contributed by atoms with E-state index in [2.05, 4.69) is 10.1 Å². The summed E-state index contributed by atoms with van der Waals surface area (Å²) in [5, 5.41) is 15.8. The number of aromatic nitrogens is 2. The van der Waals surface area contributed by atoms with Crippen LogP contribution in [0.3, 0.4) is 0 Å². The third-order valence-electron chi connectivity index (χ3n) is 4.63. The molecule has 0 bridgehead atoms. The summed E-state index contributed by atoms with van der Waals surface area (Å²) < 4.78 is 10.9. The minimum atomic E-state index is -0.468. The molecule has 0 radical (unpaired) electrons. The summed E-state index contributed by atoms with van der Waals surface area (Å²) >= 11 is 12.1. The number of nitro groups is 1. The standard InChI is InChI=1S/C22H22Cl2N4O5/c1-13(2)10-27(21(29)12-32-16-5-7-19(28(30)31)14(3)8-16)11-20-25-22(26-33-20)17-6-4-15(23)9-18(17)24/h4-9,13H,10-12H2,1-3H3. The van der Waals surface area contributed by atoms with Gasteiger partial charge in [0.2, 0.25) is 11.7 Å². The molecule has 174 valence electrons. The molecule has 0 aliphatic heterocycles. The lowest BCUT2D eigenvalue weighted by Crippen LogP contribution is -2.37. The number of carbonyl (C=O) groups is 1. The topological polar surface area (TPSA) is 112 Å². The summed E-state index contributed by atoms with van der Waals surface area (Å²) in [6.45, 7) is 5.87. The maximum atomic E-state index is 12.9. The second-order valence-corrected chi connectivity index (χ2v) is 8.64. The molecule has 0 aliphatic rings. The van der Waals surface area contributed by atoms with Gasteiger partial charge in [0.25, 0.3) is 11.6 Å². The van der Waals surface area contributed by atoms with E-state index < -0.39 is 4.92 Å². The molecule has 0 saturated carbocycles. The Morgan fingerprint density at radius 3 is 2.64 bits per heavy atom. The van der Waals surface area contributed by atoms with Crippen LogP contribution in [0.15, 0.2) is 40.9 Å². The van der Waals surface area contributed by atoms with Gasteiger partial charge >= 0.3 is 0 Å². The van der Waals surface area contributed by atoms with Gasteiger partial charge in [-0.05, 0) is 43.2 Å². The maximum Gasteiger partial charge on any atom is 0.272 e. The van der Waals surface area contributed by atoms with E-state index in [1.807, 2.05) is 13.8 Å². The van der Waals surface area contributed by atoms with Crippen molar-refractivity contribution in [1.29, 1.82) is 0 Å². The number of benzene rings is 2. The van der Waals surface area contributed by atoms with E-state index in [1.165, 1.54) is 18.2 Å². The molecule has 0 atom stereocenters. The van der Waals surface area contributed by atoms with Crippen molar-refractivity contribution in [2.24, 2.45) is 5.92 Å². The van der Waals surface area contributed by atoms with Gasteiger partial charge in [0.15, 0.2) is 6.61 Å². The fraction of sp³-hybridized carbons (Fsp3) is 0.318. The van der Waals surface area contributed by atoms with Gasteiger partial charge in [0.1, 0.15) is 12.3 Å². The number of nitrogens with zero attached hydrogens (tertiary/aromatic N) is 4. The number of halogens is 2. The second-order valence-electron chi connectivity index (χ2n) is 7.80. The van der Waals surface area contributed by atoms with Crippen molar-refractivity contribution < 1.29 is 19.0 Å². The van der Waals surface area contributed by atoms with Crippen molar-refractivity contribution in [2.45, 2.75) is 27.3 Å². The first-order valence-corrected chi connectivity index (χ1v) is 10.8. The predicted molar refractivity (Wildman–Crippen MR) is 123 cm³/mol. The zero-order valence-electron chi connectivity index (χ0n) is 18.2. The van der Waals surface area contributed by atoms with E-state index in [4.69, 9.17) is 32.5 Å². The third kappa shape index (κ3) is 6.43. The Balaban J connectivity index is 1.69. The third-order valence-corrected chi connectivity index (χ3v) is 5.18. The van der Waals surface area contributed by atoms with Crippen LogP contribution in [0.4, 0.5) is 5.69 Å². The Kier molecular flexibility index (Phi) is 7.88. The second kappa shape index (κ2) is 10.6. The van der Waals surface area contributed by atoms with Crippen molar-refractivity contribution in [1.82, 2.24) is 15.0 Å². The van der Waals surface area contributed by atoms with Crippen molar-refractivity contribution in [2.75, 3.05) is 13.2 Å². The van der Waals surface area contributed by atoms with Crippen LogP contribution in [0.25, 0.3) is 11.4 Å². The lowest BCUT2D eigenvalue weighted by atomic mass is 10.2. The number of nitro benzene ring substituents is 1. The maximum absolute atomic E-state index is 12.9. The summed E-state index contributed by atoms with van der Waals surface area (Å²) in [7, 11) is 0. The Hall–Kier alpha value is -3.17. The van der Waals surface area contributed by atoms with Crippen LogP contribution in [0.1, 0.15) is 25.3 Å². The number of amides is 1. The molecule has 0 N–H and O–H groups in total. The molecule has 0 saturated heterocycles. The summed E-state index contributed by atoms with van der Waals surface area (Å²) in [4.78, 5) is 29.3. The Morgan fingerprint density at radius 2 is 2.00 bits per heavy atom. The molecule has 0 fully saturated rings. The SMILES string of the molecule is Cc1cc(OCC(=O)N(Cc2nc(-c3ccc(Cl)cc3Cl)no2)CC(C)C)ccc1[N+](=O)[O-]. The van der Waals surface area contributed by atoms with Crippen molar-refractivity contribution in [3.8, 4) is 17.1 Å². The number of hydrogen-bond acceptors (Lipinski definition) is 7. The normalized spacial score (nSPS) is 11.0. The average Bonchev–Trinajstić information content (AvgIpc) is 3.19. The van der Waals surface area contributed by atoms with Crippen molar-refractivity contribution in [3.63, 3.8) is 0 Å². The molecule has 0 spiro atoms. The molecule has 1 heterocycles. The highest BCUT2D eigenvalue weighted by molar-refractivity contribution is 6.36. The van der Waals surface area contributed by atoms with Gasteiger partial charge in [-0.25, -0.2) is 0 Å². The first-order chi connectivity index (χ1) is 15.6. The minimum absolute atomic E-state index is 0.0110. The summed E-state index contributed by atoms with van der Waals surface area (Å²) in [6, 6.07) is 9.29. The van der Waals surface area contributed by atoms with Crippen LogP contribution in [0, 0.1) is 23.0 Å². The molecule has 11 heteroatoms. The van der Waals surface area contributed by atoms with Gasteiger partial charge in [-0.2, -0.15) is 4.98 Å². The minimum Gasteiger partial charge on any atom is -0.484 e. The van der Waals surface area contributed by atoms with Crippen LogP contribution in [0.5, 0.6) is 5.75 Å². The molecule has 3 aromatic rings. The van der Waals surface area contributed by atoms with Gasteiger partial charge in [0.05, 0.1) is 9.95 Å². The van der Waals surface area contributed by atoms with Gasteiger partial charge in [0, 0.05) is 28.8 Å². The molecular weight excluding hydrogens is 471 g/mol. The number of carbonyl (C=O) groups excluding carboxylic acids is 1. The fourth-order valence-electron chi connectivity index (χ4n) is 3.12. The van der Waals surface area contributed by atoms with E-state index in [1.54, 1.807) is 30.0 Å². The Bertz CT molecular complexity index is 1170. The van der Waals surface area contributed by atoms with Crippen LogP contribution in [0.2, 0.25) is 10.0 Å². The molecule has 0 aliphatic carbocycles. The first-order valence-electron chi connectivity index (χ1n) is 10.1. The average molecular weight is 493 g/mol. The largest absolute Gasteiger partial charge is 0.484 e. The van der Waals surface area contributed by atoms with Gasteiger partial charge < -0.3 is 14.2 Å². The summed E-state index contributed by atoms with van der Waals surface area (Å²) in [6.07, 6.45) is 0. The number of rotatable bonds is 9. The van der Waals surface area contributed by atoms with Crippen LogP contribution in [-0.2, 0) is 11.3 Å².